The molecule has 0 unspecified atom stereocenters. The number of rotatable bonds is 2. The van der Waals surface area contributed by atoms with Crippen molar-refractivity contribution < 1.29 is 4.42 Å². The minimum atomic E-state index is 0.495. The molecule has 5 heteroatoms. The van der Waals surface area contributed by atoms with Gasteiger partial charge in [-0.25, -0.2) is 9.97 Å². The van der Waals surface area contributed by atoms with Crippen molar-refractivity contribution in [2.75, 3.05) is 10.6 Å². The fourth-order valence-electron chi connectivity index (χ4n) is 3.70. The van der Waals surface area contributed by atoms with E-state index >= 15 is 0 Å². The first-order chi connectivity index (χ1) is 12.1. The molecule has 1 aromatic carbocycles. The van der Waals surface area contributed by atoms with E-state index in [1.807, 2.05) is 18.3 Å². The van der Waals surface area contributed by atoms with E-state index in [-0.39, 0.29) is 0 Å². The number of fused-ring (bicyclic) bond motifs is 3. The minimum Gasteiger partial charge on any atom is -0.443 e. The SMILES string of the molecule is C=C1c2ncoc2-c2ccc(-c3ccc(N)nc3)c(C)c2N1C1CC1. The van der Waals surface area contributed by atoms with Crippen LogP contribution in [0.1, 0.15) is 24.1 Å². The summed E-state index contributed by atoms with van der Waals surface area (Å²) >= 11 is 0. The third-order valence-electron chi connectivity index (χ3n) is 5.06. The van der Waals surface area contributed by atoms with Gasteiger partial charge in [0.05, 0.1) is 11.4 Å². The van der Waals surface area contributed by atoms with Gasteiger partial charge in [-0.05, 0) is 49.1 Å². The molecule has 0 atom stereocenters. The zero-order valence-corrected chi connectivity index (χ0v) is 14.0. The van der Waals surface area contributed by atoms with Crippen molar-refractivity contribution >= 4 is 17.2 Å². The Morgan fingerprint density at radius 3 is 2.68 bits per heavy atom. The number of anilines is 2. The van der Waals surface area contributed by atoms with Gasteiger partial charge in [0.15, 0.2) is 12.2 Å². The molecule has 2 N–H and O–H groups in total. The first-order valence-corrected chi connectivity index (χ1v) is 8.43. The molecule has 0 radical (unpaired) electrons. The molecule has 124 valence electrons. The van der Waals surface area contributed by atoms with Gasteiger partial charge in [-0.15, -0.1) is 0 Å². The Bertz CT molecular complexity index is 999. The van der Waals surface area contributed by atoms with Crippen LogP contribution in [0.2, 0.25) is 0 Å². The predicted octanol–water partition coefficient (Wildman–Crippen LogP) is 4.25. The van der Waals surface area contributed by atoms with Gasteiger partial charge in [0.25, 0.3) is 0 Å². The number of hydrogen-bond acceptors (Lipinski definition) is 5. The Hall–Kier alpha value is -3.08. The molecule has 3 heterocycles. The molecule has 2 aromatic heterocycles. The molecule has 1 aliphatic carbocycles. The lowest BCUT2D eigenvalue weighted by atomic mass is 9.92. The van der Waals surface area contributed by atoms with E-state index in [0.29, 0.717) is 11.9 Å². The molecule has 0 bridgehead atoms. The molecule has 1 aliphatic heterocycles. The molecule has 1 saturated carbocycles. The fraction of sp³-hybridized carbons (Fsp3) is 0.200. The highest BCUT2D eigenvalue weighted by atomic mass is 16.3. The average molecular weight is 330 g/mol. The van der Waals surface area contributed by atoms with Gasteiger partial charge in [-0.2, -0.15) is 0 Å². The van der Waals surface area contributed by atoms with E-state index < -0.39 is 0 Å². The van der Waals surface area contributed by atoms with Crippen LogP contribution in [-0.4, -0.2) is 16.0 Å². The number of hydrogen-bond donors (Lipinski definition) is 1. The van der Waals surface area contributed by atoms with Gasteiger partial charge in [0.1, 0.15) is 11.5 Å². The van der Waals surface area contributed by atoms with Crippen LogP contribution in [0.15, 0.2) is 47.9 Å². The lowest BCUT2D eigenvalue weighted by Gasteiger charge is -2.34. The molecular weight excluding hydrogens is 312 g/mol. The Morgan fingerprint density at radius 2 is 1.96 bits per heavy atom. The second kappa shape index (κ2) is 4.96. The van der Waals surface area contributed by atoms with Crippen LogP contribution in [0.5, 0.6) is 0 Å². The van der Waals surface area contributed by atoms with Crippen molar-refractivity contribution in [2.24, 2.45) is 0 Å². The minimum absolute atomic E-state index is 0.495. The summed E-state index contributed by atoms with van der Waals surface area (Å²) in [6, 6.07) is 8.57. The number of benzene rings is 1. The van der Waals surface area contributed by atoms with Gasteiger partial charge >= 0.3 is 0 Å². The second-order valence-electron chi connectivity index (χ2n) is 6.68. The van der Waals surface area contributed by atoms with Crippen LogP contribution in [0.4, 0.5) is 11.5 Å². The number of nitrogens with zero attached hydrogens (tertiary/aromatic N) is 3. The topological polar surface area (TPSA) is 68.2 Å². The maximum Gasteiger partial charge on any atom is 0.182 e. The Morgan fingerprint density at radius 1 is 1.16 bits per heavy atom. The van der Waals surface area contributed by atoms with Crippen LogP contribution in [0.25, 0.3) is 28.1 Å². The first-order valence-electron chi connectivity index (χ1n) is 8.43. The molecule has 2 aliphatic rings. The summed E-state index contributed by atoms with van der Waals surface area (Å²) in [6.07, 6.45) is 5.68. The monoisotopic (exact) mass is 330 g/mol. The zero-order chi connectivity index (χ0) is 17.1. The predicted molar refractivity (Wildman–Crippen MR) is 98.9 cm³/mol. The summed E-state index contributed by atoms with van der Waals surface area (Å²) < 4.78 is 5.69. The quantitative estimate of drug-likeness (QED) is 0.761. The third kappa shape index (κ3) is 2.02. The third-order valence-corrected chi connectivity index (χ3v) is 5.06. The summed E-state index contributed by atoms with van der Waals surface area (Å²) in [5.41, 5.74) is 13.2. The second-order valence-corrected chi connectivity index (χ2v) is 6.68. The number of oxazole rings is 1. The zero-order valence-electron chi connectivity index (χ0n) is 14.0. The summed E-state index contributed by atoms with van der Waals surface area (Å²) in [5, 5.41) is 0. The lowest BCUT2D eigenvalue weighted by molar-refractivity contribution is 0.571. The maximum atomic E-state index is 5.73. The first kappa shape index (κ1) is 14.3. The van der Waals surface area contributed by atoms with Crippen molar-refractivity contribution in [3.63, 3.8) is 0 Å². The van der Waals surface area contributed by atoms with Gasteiger partial charge < -0.3 is 15.1 Å². The molecule has 5 rings (SSSR count). The van der Waals surface area contributed by atoms with E-state index in [9.17, 15) is 0 Å². The molecular formula is C20H18N4O. The highest BCUT2D eigenvalue weighted by Gasteiger charge is 2.39. The molecule has 1 fully saturated rings. The number of pyridine rings is 1. The highest BCUT2D eigenvalue weighted by molar-refractivity contribution is 5.99. The standard InChI is InChI=1S/C20H18N4O/c1-11-15(13-3-8-17(21)22-9-13)6-7-16-19(11)24(14-4-5-14)12(2)18-20(16)25-10-23-18/h3,6-10,14H,2,4-5H2,1H3,(H2,21,22). The molecule has 25 heavy (non-hydrogen) atoms. The molecule has 0 spiro atoms. The fourth-order valence-corrected chi connectivity index (χ4v) is 3.70. The van der Waals surface area contributed by atoms with E-state index in [4.69, 9.17) is 10.2 Å². The summed E-state index contributed by atoms with van der Waals surface area (Å²) in [7, 11) is 0. The van der Waals surface area contributed by atoms with Crippen LogP contribution < -0.4 is 10.6 Å². The Balaban J connectivity index is 1.76. The molecule has 0 amide bonds. The van der Waals surface area contributed by atoms with E-state index in [1.165, 1.54) is 30.5 Å². The Labute approximate surface area is 145 Å². The van der Waals surface area contributed by atoms with Crippen molar-refractivity contribution in [1.29, 1.82) is 0 Å². The van der Waals surface area contributed by atoms with Gasteiger partial charge in [0.2, 0.25) is 0 Å². The number of nitrogens with two attached hydrogens (primary N) is 1. The Kier molecular flexibility index (Phi) is 2.83. The van der Waals surface area contributed by atoms with E-state index in [2.05, 4.69) is 40.5 Å². The van der Waals surface area contributed by atoms with Gasteiger partial charge in [-0.3, -0.25) is 0 Å². The summed E-state index contributed by atoms with van der Waals surface area (Å²) in [5.74, 6) is 1.33. The highest BCUT2D eigenvalue weighted by Crippen LogP contribution is 2.51. The smallest absolute Gasteiger partial charge is 0.182 e. The largest absolute Gasteiger partial charge is 0.443 e. The molecule has 3 aromatic rings. The van der Waals surface area contributed by atoms with Crippen LogP contribution in [0.3, 0.4) is 0 Å². The van der Waals surface area contributed by atoms with Crippen molar-refractivity contribution in [1.82, 2.24) is 9.97 Å². The van der Waals surface area contributed by atoms with Crippen molar-refractivity contribution in [3.05, 3.63) is 54.7 Å². The van der Waals surface area contributed by atoms with Crippen LogP contribution in [0, 0.1) is 6.92 Å². The maximum absolute atomic E-state index is 5.73. The van der Waals surface area contributed by atoms with Crippen molar-refractivity contribution in [2.45, 2.75) is 25.8 Å². The average Bonchev–Trinajstić information content (AvgIpc) is 3.32. The van der Waals surface area contributed by atoms with E-state index in [1.54, 1.807) is 0 Å². The van der Waals surface area contributed by atoms with Gasteiger partial charge in [-0.1, -0.05) is 12.6 Å². The van der Waals surface area contributed by atoms with Crippen LogP contribution >= 0.6 is 0 Å². The van der Waals surface area contributed by atoms with Crippen molar-refractivity contribution in [3.8, 4) is 22.5 Å². The number of nitrogen functional groups attached to an aromatic ring is 1. The normalized spacial score (nSPS) is 15.9. The van der Waals surface area contributed by atoms with Gasteiger partial charge in [0, 0.05) is 23.4 Å². The molecule has 5 nitrogen and oxygen atoms in total. The lowest BCUT2D eigenvalue weighted by Crippen LogP contribution is -2.28. The summed E-state index contributed by atoms with van der Waals surface area (Å²) in [4.78, 5) is 11.0. The molecule has 0 saturated heterocycles. The van der Waals surface area contributed by atoms with Crippen LogP contribution in [-0.2, 0) is 0 Å². The number of aromatic nitrogens is 2. The summed E-state index contributed by atoms with van der Waals surface area (Å²) in [6.45, 7) is 6.45. The van der Waals surface area contributed by atoms with E-state index in [0.717, 1.165) is 33.8 Å².